The molecule has 9 heavy (non-hydrogen) atoms. The summed E-state index contributed by atoms with van der Waals surface area (Å²) in [5.74, 6) is 0. The first-order valence-electron chi connectivity index (χ1n) is 2.99. The van der Waals surface area contributed by atoms with Gasteiger partial charge in [-0.3, -0.25) is 0 Å². The Labute approximate surface area is 53.8 Å². The Morgan fingerprint density at radius 1 is 1.78 bits per heavy atom. The van der Waals surface area contributed by atoms with Crippen LogP contribution in [-0.2, 0) is 4.79 Å². The lowest BCUT2D eigenvalue weighted by Crippen LogP contribution is -2.02. The fourth-order valence-corrected chi connectivity index (χ4v) is 0.541. The van der Waals surface area contributed by atoms with E-state index in [1.165, 1.54) is 6.08 Å². The molecule has 1 atom stereocenters. The van der Waals surface area contributed by atoms with Crippen molar-refractivity contribution in [2.24, 2.45) is 4.99 Å². The molecule has 0 aliphatic heterocycles. The lowest BCUT2D eigenvalue weighted by Gasteiger charge is -1.98. The van der Waals surface area contributed by atoms with Crippen LogP contribution in [-0.4, -0.2) is 18.8 Å². The maximum absolute atomic E-state index is 12.3. The maximum Gasteiger partial charge on any atom is 0.235 e. The molecule has 0 saturated carbocycles. The van der Waals surface area contributed by atoms with Crippen LogP contribution in [0.2, 0.25) is 0 Å². The molecule has 2 nitrogen and oxygen atoms in total. The molecule has 0 spiro atoms. The van der Waals surface area contributed by atoms with Gasteiger partial charge in [0.1, 0.15) is 6.17 Å². The fraction of sp³-hybridized carbons (Fsp3) is 0.833. The zero-order valence-corrected chi connectivity index (χ0v) is 5.43. The average molecular weight is 131 g/mol. The van der Waals surface area contributed by atoms with Crippen molar-refractivity contribution in [3.63, 3.8) is 0 Å². The second-order valence-electron chi connectivity index (χ2n) is 1.82. The number of alkyl halides is 1. The molecular formula is C6H10FNO. The van der Waals surface area contributed by atoms with Crippen LogP contribution in [0.3, 0.4) is 0 Å². The Morgan fingerprint density at radius 3 is 2.89 bits per heavy atom. The number of rotatable bonds is 4. The van der Waals surface area contributed by atoms with Gasteiger partial charge in [0.05, 0.1) is 6.54 Å². The third kappa shape index (κ3) is 5.18. The summed E-state index contributed by atoms with van der Waals surface area (Å²) < 4.78 is 12.3. The molecule has 0 heterocycles. The van der Waals surface area contributed by atoms with Crippen molar-refractivity contribution in [2.75, 3.05) is 6.54 Å². The van der Waals surface area contributed by atoms with Gasteiger partial charge >= 0.3 is 0 Å². The largest absolute Gasteiger partial charge is 0.245 e. The van der Waals surface area contributed by atoms with E-state index >= 15 is 0 Å². The van der Waals surface area contributed by atoms with Gasteiger partial charge in [-0.25, -0.2) is 14.2 Å². The lowest BCUT2D eigenvalue weighted by molar-refractivity contribution is 0.320. The molecule has 0 fully saturated rings. The first-order chi connectivity index (χ1) is 4.31. The average Bonchev–Trinajstić information content (AvgIpc) is 1.85. The van der Waals surface area contributed by atoms with Crippen LogP contribution in [0.25, 0.3) is 0 Å². The molecular weight excluding hydrogens is 121 g/mol. The topological polar surface area (TPSA) is 29.4 Å². The van der Waals surface area contributed by atoms with Gasteiger partial charge in [0.15, 0.2) is 0 Å². The van der Waals surface area contributed by atoms with Crippen LogP contribution in [0, 0.1) is 0 Å². The standard InChI is InChI=1S/C6H10FNO/c1-2-3-6(7)4-8-5-9/h6H,2-4H2,1H3. The summed E-state index contributed by atoms with van der Waals surface area (Å²) in [6.45, 7) is 1.86. The number of isocyanates is 1. The monoisotopic (exact) mass is 131 g/mol. The van der Waals surface area contributed by atoms with E-state index in [-0.39, 0.29) is 6.54 Å². The SMILES string of the molecule is CCCC(F)CN=C=O. The van der Waals surface area contributed by atoms with E-state index in [2.05, 4.69) is 4.99 Å². The van der Waals surface area contributed by atoms with Gasteiger partial charge < -0.3 is 0 Å². The highest BCUT2D eigenvalue weighted by Gasteiger charge is 2.01. The van der Waals surface area contributed by atoms with Crippen molar-refractivity contribution >= 4 is 6.08 Å². The summed E-state index contributed by atoms with van der Waals surface area (Å²) in [4.78, 5) is 12.6. The molecule has 3 heteroatoms. The highest BCUT2D eigenvalue weighted by molar-refractivity contribution is 5.32. The molecule has 0 aliphatic rings. The van der Waals surface area contributed by atoms with Crippen LogP contribution in [0.5, 0.6) is 0 Å². The fourth-order valence-electron chi connectivity index (χ4n) is 0.541. The zero-order chi connectivity index (χ0) is 7.11. The Kier molecular flexibility index (Phi) is 5.03. The van der Waals surface area contributed by atoms with Crippen LogP contribution in [0.15, 0.2) is 4.99 Å². The van der Waals surface area contributed by atoms with Crippen molar-refractivity contribution in [3.8, 4) is 0 Å². The van der Waals surface area contributed by atoms with Crippen molar-refractivity contribution < 1.29 is 9.18 Å². The minimum atomic E-state index is -0.962. The number of halogens is 1. The van der Waals surface area contributed by atoms with Crippen molar-refractivity contribution in [1.82, 2.24) is 0 Å². The highest BCUT2D eigenvalue weighted by Crippen LogP contribution is 2.00. The van der Waals surface area contributed by atoms with Gasteiger partial charge in [0, 0.05) is 0 Å². The third-order valence-corrected chi connectivity index (χ3v) is 0.956. The van der Waals surface area contributed by atoms with E-state index in [0.29, 0.717) is 6.42 Å². The maximum atomic E-state index is 12.3. The summed E-state index contributed by atoms with van der Waals surface area (Å²) in [6.07, 6.45) is 1.59. The molecule has 0 aromatic carbocycles. The second kappa shape index (κ2) is 5.45. The Bertz CT molecular complexity index is 110. The summed E-state index contributed by atoms with van der Waals surface area (Å²) in [7, 11) is 0. The normalized spacial score (nSPS) is 12.2. The van der Waals surface area contributed by atoms with Crippen molar-refractivity contribution in [3.05, 3.63) is 0 Å². The summed E-state index contributed by atoms with van der Waals surface area (Å²) in [6, 6.07) is 0. The molecule has 1 unspecified atom stereocenters. The minimum Gasteiger partial charge on any atom is -0.245 e. The molecule has 0 radical (unpaired) electrons. The molecule has 52 valence electrons. The van der Waals surface area contributed by atoms with Crippen LogP contribution in [0.1, 0.15) is 19.8 Å². The molecule has 0 aliphatic carbocycles. The van der Waals surface area contributed by atoms with Crippen LogP contribution >= 0.6 is 0 Å². The smallest absolute Gasteiger partial charge is 0.235 e. The van der Waals surface area contributed by atoms with Crippen molar-refractivity contribution in [2.45, 2.75) is 25.9 Å². The van der Waals surface area contributed by atoms with E-state index in [1.807, 2.05) is 6.92 Å². The number of nitrogens with zero attached hydrogens (tertiary/aromatic N) is 1. The van der Waals surface area contributed by atoms with Gasteiger partial charge in [-0.05, 0) is 6.42 Å². The van der Waals surface area contributed by atoms with Gasteiger partial charge in [0.25, 0.3) is 0 Å². The Hall–Kier alpha value is -0.690. The molecule has 0 aromatic heterocycles. The van der Waals surface area contributed by atoms with E-state index in [0.717, 1.165) is 6.42 Å². The number of aliphatic imine (C=N–C) groups is 1. The number of hydrogen-bond donors (Lipinski definition) is 0. The van der Waals surface area contributed by atoms with Crippen LogP contribution < -0.4 is 0 Å². The van der Waals surface area contributed by atoms with Crippen LogP contribution in [0.4, 0.5) is 4.39 Å². The lowest BCUT2D eigenvalue weighted by atomic mass is 10.2. The summed E-state index contributed by atoms with van der Waals surface area (Å²) in [5, 5.41) is 0. The molecule has 0 saturated heterocycles. The van der Waals surface area contributed by atoms with E-state index < -0.39 is 6.17 Å². The molecule has 0 bridgehead atoms. The Morgan fingerprint density at radius 2 is 2.44 bits per heavy atom. The predicted octanol–water partition coefficient (Wildman–Crippen LogP) is 1.46. The van der Waals surface area contributed by atoms with Gasteiger partial charge in [-0.2, -0.15) is 0 Å². The first kappa shape index (κ1) is 8.31. The van der Waals surface area contributed by atoms with E-state index in [4.69, 9.17) is 0 Å². The second-order valence-corrected chi connectivity index (χ2v) is 1.82. The quantitative estimate of drug-likeness (QED) is 0.419. The van der Waals surface area contributed by atoms with Gasteiger partial charge in [-0.15, -0.1) is 0 Å². The van der Waals surface area contributed by atoms with E-state index in [9.17, 15) is 9.18 Å². The van der Waals surface area contributed by atoms with Gasteiger partial charge in [-0.1, -0.05) is 13.3 Å². The number of hydrogen-bond acceptors (Lipinski definition) is 2. The third-order valence-electron chi connectivity index (χ3n) is 0.956. The molecule has 0 aromatic rings. The molecule has 0 rings (SSSR count). The highest BCUT2D eigenvalue weighted by atomic mass is 19.1. The van der Waals surface area contributed by atoms with Crippen molar-refractivity contribution in [1.29, 1.82) is 0 Å². The predicted molar refractivity (Wildman–Crippen MR) is 32.8 cm³/mol. The summed E-state index contributed by atoms with van der Waals surface area (Å²) in [5.41, 5.74) is 0. The summed E-state index contributed by atoms with van der Waals surface area (Å²) >= 11 is 0. The molecule has 0 amide bonds. The number of carbonyl (C=O) groups excluding carboxylic acids is 1. The Balaban J connectivity index is 3.25. The van der Waals surface area contributed by atoms with Gasteiger partial charge in [0.2, 0.25) is 6.08 Å². The first-order valence-corrected chi connectivity index (χ1v) is 2.99. The minimum absolute atomic E-state index is 0.0304. The van der Waals surface area contributed by atoms with E-state index in [1.54, 1.807) is 0 Å². The zero-order valence-electron chi connectivity index (χ0n) is 5.43. The molecule has 0 N–H and O–H groups in total.